The highest BCUT2D eigenvalue weighted by molar-refractivity contribution is 7.16. The Labute approximate surface area is 141 Å². The Balaban J connectivity index is 2.07. The third-order valence-electron chi connectivity index (χ3n) is 4.30. The number of fused-ring (bicyclic) bond motifs is 1. The van der Waals surface area contributed by atoms with Crippen molar-refractivity contribution >= 4 is 22.3 Å². The van der Waals surface area contributed by atoms with E-state index < -0.39 is 0 Å². The van der Waals surface area contributed by atoms with Crippen LogP contribution in [-0.2, 0) is 17.6 Å². The van der Waals surface area contributed by atoms with Crippen LogP contribution in [0, 0.1) is 6.92 Å². The lowest BCUT2D eigenvalue weighted by Crippen LogP contribution is -2.13. The van der Waals surface area contributed by atoms with E-state index in [2.05, 4.69) is 18.2 Å². The number of carbonyl (C=O) groups excluding carboxylic acids is 1. The molecule has 1 aromatic carbocycles. The summed E-state index contributed by atoms with van der Waals surface area (Å²) in [5, 5.41) is 0.542. The summed E-state index contributed by atoms with van der Waals surface area (Å²) >= 11 is 1.46. The van der Waals surface area contributed by atoms with Gasteiger partial charge in [0.2, 0.25) is 0 Å². The molecule has 1 aromatic heterocycles. The third-order valence-corrected chi connectivity index (χ3v) is 5.23. The molecule has 1 heterocycles. The summed E-state index contributed by atoms with van der Waals surface area (Å²) in [6.07, 6.45) is 4.63. The van der Waals surface area contributed by atoms with Crippen LogP contribution in [0.2, 0.25) is 0 Å². The molecule has 0 bridgehead atoms. The van der Waals surface area contributed by atoms with E-state index in [1.54, 1.807) is 0 Å². The smallest absolute Gasteiger partial charge is 0.342 e. The lowest BCUT2D eigenvalue weighted by molar-refractivity contribution is 0.0380. The van der Waals surface area contributed by atoms with E-state index in [-0.39, 0.29) is 12.1 Å². The van der Waals surface area contributed by atoms with Gasteiger partial charge in [-0.25, -0.2) is 4.79 Å². The molecule has 0 saturated carbocycles. The van der Waals surface area contributed by atoms with Gasteiger partial charge in [0.1, 0.15) is 10.6 Å². The second-order valence-electron chi connectivity index (χ2n) is 6.42. The summed E-state index contributed by atoms with van der Waals surface area (Å²) in [4.78, 5) is 13.5. The predicted octanol–water partition coefficient (Wildman–Crippen LogP) is 4.75. The van der Waals surface area contributed by atoms with Crippen LogP contribution >= 0.6 is 11.3 Å². The SMILES string of the molecule is Cc1sc(N)c(C(=O)OC(C)C)c1-c1ccc2c(c1)CCCC2. The molecule has 1 aliphatic carbocycles. The third kappa shape index (κ3) is 3.13. The van der Waals surface area contributed by atoms with Gasteiger partial charge >= 0.3 is 5.97 Å². The van der Waals surface area contributed by atoms with Crippen molar-refractivity contribution in [2.24, 2.45) is 0 Å². The number of ether oxygens (including phenoxy) is 1. The molecule has 0 fully saturated rings. The summed E-state index contributed by atoms with van der Waals surface area (Å²) in [5.41, 5.74) is 11.5. The Morgan fingerprint density at radius 3 is 2.61 bits per heavy atom. The van der Waals surface area contributed by atoms with Gasteiger partial charge in [0.25, 0.3) is 0 Å². The summed E-state index contributed by atoms with van der Waals surface area (Å²) in [7, 11) is 0. The minimum Gasteiger partial charge on any atom is -0.459 e. The van der Waals surface area contributed by atoms with Crippen molar-refractivity contribution in [1.29, 1.82) is 0 Å². The summed E-state index contributed by atoms with van der Waals surface area (Å²) in [6, 6.07) is 6.55. The first kappa shape index (κ1) is 16.1. The van der Waals surface area contributed by atoms with Gasteiger partial charge < -0.3 is 10.5 Å². The van der Waals surface area contributed by atoms with Crippen LogP contribution in [-0.4, -0.2) is 12.1 Å². The number of thiophene rings is 1. The van der Waals surface area contributed by atoms with Gasteiger partial charge in [-0.3, -0.25) is 0 Å². The van der Waals surface area contributed by atoms with Gasteiger partial charge in [0, 0.05) is 10.4 Å². The number of carbonyl (C=O) groups is 1. The quantitative estimate of drug-likeness (QED) is 0.827. The van der Waals surface area contributed by atoms with Crippen LogP contribution in [0.3, 0.4) is 0 Å². The summed E-state index contributed by atoms with van der Waals surface area (Å²) < 4.78 is 5.39. The Morgan fingerprint density at radius 1 is 1.22 bits per heavy atom. The van der Waals surface area contributed by atoms with E-state index in [4.69, 9.17) is 10.5 Å². The fourth-order valence-corrected chi connectivity index (χ4v) is 4.22. The molecule has 0 aliphatic heterocycles. The molecule has 4 heteroatoms. The number of hydrogen-bond acceptors (Lipinski definition) is 4. The molecule has 3 rings (SSSR count). The topological polar surface area (TPSA) is 52.3 Å². The molecule has 0 atom stereocenters. The number of anilines is 1. The standard InChI is InChI=1S/C19H23NO2S/c1-11(2)22-19(21)17-16(12(3)23-18(17)20)15-9-8-13-6-4-5-7-14(13)10-15/h8-11H,4-7,20H2,1-3H3. The maximum absolute atomic E-state index is 12.5. The lowest BCUT2D eigenvalue weighted by atomic mass is 9.88. The highest BCUT2D eigenvalue weighted by atomic mass is 32.1. The van der Waals surface area contributed by atoms with E-state index in [1.165, 1.54) is 35.3 Å². The fourth-order valence-electron chi connectivity index (χ4n) is 3.28. The van der Waals surface area contributed by atoms with Crippen LogP contribution in [0.15, 0.2) is 18.2 Å². The number of nitrogen functional groups attached to an aromatic ring is 1. The van der Waals surface area contributed by atoms with Crippen LogP contribution in [0.25, 0.3) is 11.1 Å². The Morgan fingerprint density at radius 2 is 1.91 bits per heavy atom. The molecule has 0 unspecified atom stereocenters. The van der Waals surface area contributed by atoms with Crippen molar-refractivity contribution in [1.82, 2.24) is 0 Å². The molecule has 122 valence electrons. The minimum absolute atomic E-state index is 0.154. The van der Waals surface area contributed by atoms with Crippen molar-refractivity contribution in [3.8, 4) is 11.1 Å². The first-order valence-electron chi connectivity index (χ1n) is 8.19. The van der Waals surface area contributed by atoms with Gasteiger partial charge in [0.15, 0.2) is 0 Å². The predicted molar refractivity (Wildman–Crippen MR) is 96.1 cm³/mol. The van der Waals surface area contributed by atoms with Gasteiger partial charge in [-0.1, -0.05) is 18.2 Å². The van der Waals surface area contributed by atoms with E-state index in [0.717, 1.165) is 28.8 Å². The molecular formula is C19H23NO2S. The fraction of sp³-hybridized carbons (Fsp3) is 0.421. The van der Waals surface area contributed by atoms with E-state index in [1.807, 2.05) is 20.8 Å². The number of aryl methyl sites for hydroxylation is 3. The number of nitrogens with two attached hydrogens (primary N) is 1. The van der Waals surface area contributed by atoms with Crippen molar-refractivity contribution in [2.75, 3.05) is 5.73 Å². The second-order valence-corrected chi connectivity index (χ2v) is 7.67. The molecular weight excluding hydrogens is 306 g/mol. The summed E-state index contributed by atoms with van der Waals surface area (Å²) in [5.74, 6) is -0.324. The zero-order valence-corrected chi connectivity index (χ0v) is 14.8. The summed E-state index contributed by atoms with van der Waals surface area (Å²) in [6.45, 7) is 5.72. The average molecular weight is 329 g/mol. The molecule has 23 heavy (non-hydrogen) atoms. The molecule has 0 radical (unpaired) electrons. The Bertz CT molecular complexity index is 746. The van der Waals surface area contributed by atoms with Crippen LogP contribution in [0.1, 0.15) is 53.1 Å². The zero-order chi connectivity index (χ0) is 16.6. The maximum Gasteiger partial charge on any atom is 0.342 e. The Hall–Kier alpha value is -1.81. The van der Waals surface area contributed by atoms with Crippen LogP contribution in [0.4, 0.5) is 5.00 Å². The number of hydrogen-bond donors (Lipinski definition) is 1. The normalized spacial score (nSPS) is 13.9. The minimum atomic E-state index is -0.324. The molecule has 2 N–H and O–H groups in total. The van der Waals surface area contributed by atoms with Gasteiger partial charge in [-0.05, 0) is 63.1 Å². The molecule has 1 aliphatic rings. The maximum atomic E-state index is 12.5. The molecule has 0 saturated heterocycles. The van der Waals surface area contributed by atoms with Gasteiger partial charge in [0.05, 0.1) is 6.10 Å². The van der Waals surface area contributed by atoms with Crippen molar-refractivity contribution in [3.63, 3.8) is 0 Å². The highest BCUT2D eigenvalue weighted by Crippen LogP contribution is 2.40. The zero-order valence-electron chi connectivity index (χ0n) is 13.9. The van der Waals surface area contributed by atoms with E-state index in [9.17, 15) is 4.79 Å². The molecule has 0 amide bonds. The monoisotopic (exact) mass is 329 g/mol. The second kappa shape index (κ2) is 6.36. The van der Waals surface area contributed by atoms with Gasteiger partial charge in [-0.15, -0.1) is 11.3 Å². The first-order chi connectivity index (χ1) is 11.0. The van der Waals surface area contributed by atoms with Gasteiger partial charge in [-0.2, -0.15) is 0 Å². The van der Waals surface area contributed by atoms with Crippen molar-refractivity contribution in [2.45, 2.75) is 52.6 Å². The number of esters is 1. The van der Waals surface area contributed by atoms with E-state index >= 15 is 0 Å². The van der Waals surface area contributed by atoms with Crippen LogP contribution in [0.5, 0.6) is 0 Å². The first-order valence-corrected chi connectivity index (χ1v) is 9.01. The molecule has 3 nitrogen and oxygen atoms in total. The molecule has 0 spiro atoms. The lowest BCUT2D eigenvalue weighted by Gasteiger charge is -2.17. The van der Waals surface area contributed by atoms with Crippen molar-refractivity contribution < 1.29 is 9.53 Å². The van der Waals surface area contributed by atoms with Crippen molar-refractivity contribution in [3.05, 3.63) is 39.8 Å². The average Bonchev–Trinajstić information content (AvgIpc) is 2.80. The largest absolute Gasteiger partial charge is 0.459 e. The highest BCUT2D eigenvalue weighted by Gasteiger charge is 2.24. The van der Waals surface area contributed by atoms with Crippen LogP contribution < -0.4 is 5.73 Å². The number of benzene rings is 1. The Kier molecular flexibility index (Phi) is 4.44. The van der Waals surface area contributed by atoms with E-state index in [0.29, 0.717) is 10.6 Å². The number of rotatable bonds is 3. The molecule has 2 aromatic rings.